The van der Waals surface area contributed by atoms with Gasteiger partial charge in [-0.2, -0.15) is 0 Å². The fraction of sp³-hybridized carbons (Fsp3) is 0.440. The van der Waals surface area contributed by atoms with Gasteiger partial charge in [0.05, 0.1) is 6.04 Å². The molecular weight excluding hydrogens is 372 g/mol. The number of amidine groups is 2. The number of hydrogen-bond acceptors (Lipinski definition) is 5. The van der Waals surface area contributed by atoms with Gasteiger partial charge in [0.1, 0.15) is 17.4 Å². The molecular formula is C25H36N4O. The van der Waals surface area contributed by atoms with Gasteiger partial charge >= 0.3 is 0 Å². The Morgan fingerprint density at radius 1 is 1.27 bits per heavy atom. The van der Waals surface area contributed by atoms with E-state index in [2.05, 4.69) is 42.7 Å². The Hall–Kier alpha value is -2.66. The van der Waals surface area contributed by atoms with Crippen LogP contribution in [0.4, 0.5) is 0 Å². The molecule has 5 heteroatoms. The number of nitrogens with zero attached hydrogens (tertiary/aromatic N) is 3. The quantitative estimate of drug-likeness (QED) is 0.506. The molecule has 0 aromatic heterocycles. The highest BCUT2D eigenvalue weighted by Gasteiger charge is 2.28. The predicted molar refractivity (Wildman–Crippen MR) is 129 cm³/mol. The zero-order valence-corrected chi connectivity index (χ0v) is 18.6. The molecule has 0 bridgehead atoms. The lowest BCUT2D eigenvalue weighted by Crippen LogP contribution is -2.45. The summed E-state index contributed by atoms with van der Waals surface area (Å²) in [4.78, 5) is 12.2. The SMILES string of the molecule is C=C(O)/C=C\C=C/CC1=NC2C=C/C(C)=C\C/C=C\2C(N2CCC(N)CC2)=N1.CC. The molecule has 0 spiro atoms. The molecule has 30 heavy (non-hydrogen) atoms. The molecule has 162 valence electrons. The van der Waals surface area contributed by atoms with Gasteiger partial charge in [-0.15, -0.1) is 0 Å². The lowest BCUT2D eigenvalue weighted by atomic mass is 9.96. The van der Waals surface area contributed by atoms with Crippen LogP contribution in [0.3, 0.4) is 0 Å². The van der Waals surface area contributed by atoms with Crippen molar-refractivity contribution >= 4 is 11.7 Å². The highest BCUT2D eigenvalue weighted by atomic mass is 16.3. The van der Waals surface area contributed by atoms with E-state index in [-0.39, 0.29) is 17.8 Å². The van der Waals surface area contributed by atoms with E-state index in [9.17, 15) is 0 Å². The molecule has 1 atom stereocenters. The van der Waals surface area contributed by atoms with Gasteiger partial charge in [0, 0.05) is 31.1 Å². The van der Waals surface area contributed by atoms with Crippen molar-refractivity contribution < 1.29 is 5.11 Å². The van der Waals surface area contributed by atoms with Gasteiger partial charge in [-0.05, 0) is 32.3 Å². The monoisotopic (exact) mass is 408 g/mol. The van der Waals surface area contributed by atoms with Gasteiger partial charge in [0.2, 0.25) is 0 Å². The largest absolute Gasteiger partial charge is 0.509 e. The van der Waals surface area contributed by atoms with E-state index in [1.807, 2.05) is 26.0 Å². The Kier molecular flexibility index (Phi) is 9.55. The first-order valence-corrected chi connectivity index (χ1v) is 11.0. The maximum absolute atomic E-state index is 9.10. The summed E-state index contributed by atoms with van der Waals surface area (Å²) in [5.41, 5.74) is 8.55. The second-order valence-corrected chi connectivity index (χ2v) is 7.44. The number of hydrogen-bond donors (Lipinski definition) is 2. The van der Waals surface area contributed by atoms with Gasteiger partial charge in [-0.1, -0.05) is 68.5 Å². The normalized spacial score (nSPS) is 25.7. The van der Waals surface area contributed by atoms with E-state index >= 15 is 0 Å². The summed E-state index contributed by atoms with van der Waals surface area (Å²) in [6, 6.07) is 0.292. The Balaban J connectivity index is 0.00000155. The molecule has 2 aliphatic heterocycles. The summed E-state index contributed by atoms with van der Waals surface area (Å²) >= 11 is 0. The Labute approximate surface area is 181 Å². The van der Waals surface area contributed by atoms with Gasteiger partial charge in [0.25, 0.3) is 0 Å². The summed E-state index contributed by atoms with van der Waals surface area (Å²) in [6.07, 6.45) is 19.5. The van der Waals surface area contributed by atoms with Crippen molar-refractivity contribution in [3.05, 3.63) is 72.1 Å². The molecule has 0 saturated carbocycles. The van der Waals surface area contributed by atoms with E-state index < -0.39 is 0 Å². The molecule has 0 aromatic rings. The van der Waals surface area contributed by atoms with Crippen molar-refractivity contribution in [2.75, 3.05) is 13.1 Å². The summed E-state index contributed by atoms with van der Waals surface area (Å²) in [6.45, 7) is 11.4. The molecule has 1 unspecified atom stereocenters. The van der Waals surface area contributed by atoms with Crippen LogP contribution in [0.25, 0.3) is 0 Å². The fourth-order valence-electron chi connectivity index (χ4n) is 3.50. The third kappa shape index (κ3) is 6.99. The van der Waals surface area contributed by atoms with Crippen molar-refractivity contribution in [2.45, 2.75) is 58.5 Å². The molecule has 2 heterocycles. The molecule has 3 N–H and O–H groups in total. The summed E-state index contributed by atoms with van der Waals surface area (Å²) in [5.74, 6) is 1.92. The first-order chi connectivity index (χ1) is 14.5. The number of rotatable bonds is 4. The number of likely N-dealkylation sites (tertiary alicyclic amines) is 1. The number of piperidine rings is 1. The standard InChI is InChI=1S/C23H30N4O.C2H6/c1-17-7-6-9-20-21(12-11-17)25-22(10-5-3-4-8-18(2)28)26-23(20)27-15-13-19(24)14-16-27;1-2/h3-5,7-9,11-12,19,21,28H,2,6,10,13-16,24H2,1H3;1-2H3/b5-3-,8-4-,12-11?,17-7-,20-9+;. The first-order valence-electron chi connectivity index (χ1n) is 11.0. The minimum Gasteiger partial charge on any atom is -0.509 e. The van der Waals surface area contributed by atoms with Crippen LogP contribution in [0.1, 0.15) is 46.5 Å². The topological polar surface area (TPSA) is 74.2 Å². The Morgan fingerprint density at radius 3 is 2.70 bits per heavy atom. The molecule has 0 aromatic carbocycles. The van der Waals surface area contributed by atoms with Gasteiger partial charge in [0.15, 0.2) is 0 Å². The molecule has 0 radical (unpaired) electrons. The molecule has 5 nitrogen and oxygen atoms in total. The average molecular weight is 409 g/mol. The van der Waals surface area contributed by atoms with E-state index in [4.69, 9.17) is 20.8 Å². The Bertz CT molecular complexity index is 803. The number of aliphatic hydroxyl groups excluding tert-OH is 1. The average Bonchev–Trinajstić information content (AvgIpc) is 2.73. The lowest BCUT2D eigenvalue weighted by molar-refractivity contribution is 0.313. The number of aliphatic hydroxyl groups is 1. The number of nitrogens with two attached hydrogens (primary N) is 1. The summed E-state index contributed by atoms with van der Waals surface area (Å²) in [5, 5.41) is 9.10. The Morgan fingerprint density at radius 2 is 2.00 bits per heavy atom. The lowest BCUT2D eigenvalue weighted by Gasteiger charge is -2.36. The molecule has 3 rings (SSSR count). The smallest absolute Gasteiger partial charge is 0.136 e. The van der Waals surface area contributed by atoms with Gasteiger partial charge in [-0.3, -0.25) is 4.99 Å². The van der Waals surface area contributed by atoms with E-state index in [1.54, 1.807) is 12.2 Å². The first kappa shape index (κ1) is 23.6. The zero-order chi connectivity index (χ0) is 21.9. The zero-order valence-electron chi connectivity index (χ0n) is 18.6. The van der Waals surface area contributed by atoms with Gasteiger partial charge < -0.3 is 15.7 Å². The number of aliphatic imine (C=N–C) groups is 2. The maximum Gasteiger partial charge on any atom is 0.136 e. The van der Waals surface area contributed by atoms with Crippen molar-refractivity contribution in [3.8, 4) is 0 Å². The molecule has 1 fully saturated rings. The summed E-state index contributed by atoms with van der Waals surface area (Å²) < 4.78 is 0. The molecule has 1 saturated heterocycles. The van der Waals surface area contributed by atoms with E-state index in [1.165, 1.54) is 11.1 Å². The second-order valence-electron chi connectivity index (χ2n) is 7.44. The van der Waals surface area contributed by atoms with Crippen LogP contribution in [0.2, 0.25) is 0 Å². The van der Waals surface area contributed by atoms with Gasteiger partial charge in [-0.25, -0.2) is 4.99 Å². The van der Waals surface area contributed by atoms with Crippen LogP contribution in [0, 0.1) is 0 Å². The third-order valence-corrected chi connectivity index (χ3v) is 5.09. The van der Waals surface area contributed by atoms with Crippen LogP contribution in [0.5, 0.6) is 0 Å². The summed E-state index contributed by atoms with van der Waals surface area (Å²) in [7, 11) is 0. The van der Waals surface area contributed by atoms with E-state index in [0.29, 0.717) is 6.42 Å². The van der Waals surface area contributed by atoms with Crippen molar-refractivity contribution in [3.63, 3.8) is 0 Å². The fourth-order valence-corrected chi connectivity index (χ4v) is 3.50. The molecule has 1 aliphatic carbocycles. The highest BCUT2D eigenvalue weighted by Crippen LogP contribution is 2.25. The third-order valence-electron chi connectivity index (χ3n) is 5.09. The van der Waals surface area contributed by atoms with Crippen LogP contribution < -0.4 is 5.73 Å². The molecule has 0 amide bonds. The predicted octanol–water partition coefficient (Wildman–Crippen LogP) is 5.02. The van der Waals surface area contributed by atoms with Crippen LogP contribution in [0.15, 0.2) is 82.1 Å². The minimum atomic E-state index is 0.00270. The van der Waals surface area contributed by atoms with Crippen LogP contribution in [-0.4, -0.2) is 46.9 Å². The second kappa shape index (κ2) is 12.1. The maximum atomic E-state index is 9.10. The number of allylic oxidation sites excluding steroid dienone is 7. The number of fused-ring (bicyclic) bond motifs is 1. The van der Waals surface area contributed by atoms with Crippen molar-refractivity contribution in [1.29, 1.82) is 0 Å². The van der Waals surface area contributed by atoms with Crippen molar-refractivity contribution in [2.24, 2.45) is 15.7 Å². The van der Waals surface area contributed by atoms with Crippen LogP contribution in [-0.2, 0) is 0 Å². The van der Waals surface area contributed by atoms with E-state index in [0.717, 1.165) is 44.0 Å². The van der Waals surface area contributed by atoms with Crippen LogP contribution >= 0.6 is 0 Å². The highest BCUT2D eigenvalue weighted by molar-refractivity contribution is 6.09. The minimum absolute atomic E-state index is 0.00270. The van der Waals surface area contributed by atoms with Crippen molar-refractivity contribution in [1.82, 2.24) is 4.90 Å². The molecule has 3 aliphatic rings.